The molecule has 2 rings (SSSR count). The first-order valence-electron chi connectivity index (χ1n) is 6.54. The molecular formula is C15H16N2O3. The molecule has 0 bridgehead atoms. The van der Waals surface area contributed by atoms with Crippen molar-refractivity contribution in [1.29, 1.82) is 0 Å². The molecule has 1 aliphatic heterocycles. The molecule has 3 amide bonds. The lowest BCUT2D eigenvalue weighted by Gasteiger charge is -2.19. The Morgan fingerprint density at radius 2 is 1.50 bits per heavy atom. The molecule has 104 valence electrons. The summed E-state index contributed by atoms with van der Waals surface area (Å²) in [4.78, 5) is 38.0. The molecule has 0 aliphatic carbocycles. The van der Waals surface area contributed by atoms with Gasteiger partial charge in [0, 0.05) is 30.8 Å². The van der Waals surface area contributed by atoms with Crippen LogP contribution >= 0.6 is 0 Å². The highest BCUT2D eigenvalue weighted by molar-refractivity contribution is 6.28. The van der Waals surface area contributed by atoms with Crippen molar-refractivity contribution in [1.82, 2.24) is 4.90 Å². The number of carbonyl (C=O) groups is 3. The number of hydrogen-bond acceptors (Lipinski definition) is 3. The van der Waals surface area contributed by atoms with Crippen LogP contribution in [0.15, 0.2) is 36.4 Å². The quantitative estimate of drug-likeness (QED) is 0.782. The summed E-state index contributed by atoms with van der Waals surface area (Å²) in [6, 6.07) is 6.49. The number of amides is 3. The van der Waals surface area contributed by atoms with Crippen LogP contribution in [0.4, 0.5) is 5.69 Å². The van der Waals surface area contributed by atoms with E-state index in [2.05, 4.69) is 0 Å². The summed E-state index contributed by atoms with van der Waals surface area (Å²) < 4.78 is 0. The molecule has 0 spiro atoms. The molecule has 1 aromatic carbocycles. The molecule has 1 aromatic rings. The molecule has 0 saturated heterocycles. The van der Waals surface area contributed by atoms with Gasteiger partial charge in [-0.15, -0.1) is 0 Å². The summed E-state index contributed by atoms with van der Waals surface area (Å²) >= 11 is 0. The van der Waals surface area contributed by atoms with E-state index in [1.807, 2.05) is 13.8 Å². The maximum absolute atomic E-state index is 12.1. The molecule has 0 saturated carbocycles. The maximum Gasteiger partial charge on any atom is 0.258 e. The Kier molecular flexibility index (Phi) is 3.98. The van der Waals surface area contributed by atoms with Crippen LogP contribution in [-0.2, 0) is 9.59 Å². The minimum atomic E-state index is -0.363. The van der Waals surface area contributed by atoms with Crippen LogP contribution in [0.3, 0.4) is 0 Å². The van der Waals surface area contributed by atoms with Crippen LogP contribution in [0.2, 0.25) is 0 Å². The van der Waals surface area contributed by atoms with E-state index in [9.17, 15) is 14.4 Å². The largest absolute Gasteiger partial charge is 0.339 e. The van der Waals surface area contributed by atoms with Crippen molar-refractivity contribution < 1.29 is 14.4 Å². The van der Waals surface area contributed by atoms with Crippen molar-refractivity contribution >= 4 is 23.4 Å². The Bertz CT molecular complexity index is 553. The van der Waals surface area contributed by atoms with E-state index >= 15 is 0 Å². The van der Waals surface area contributed by atoms with Gasteiger partial charge in [0.05, 0.1) is 5.69 Å². The zero-order valence-electron chi connectivity index (χ0n) is 11.5. The van der Waals surface area contributed by atoms with E-state index in [1.54, 1.807) is 29.2 Å². The summed E-state index contributed by atoms with van der Waals surface area (Å²) in [5, 5.41) is 0. The second-order valence-electron chi connectivity index (χ2n) is 4.37. The van der Waals surface area contributed by atoms with Crippen LogP contribution in [-0.4, -0.2) is 35.7 Å². The monoisotopic (exact) mass is 272 g/mol. The first-order valence-corrected chi connectivity index (χ1v) is 6.54. The molecular weight excluding hydrogens is 256 g/mol. The van der Waals surface area contributed by atoms with E-state index < -0.39 is 0 Å². The third-order valence-electron chi connectivity index (χ3n) is 3.23. The van der Waals surface area contributed by atoms with E-state index in [4.69, 9.17) is 0 Å². The number of rotatable bonds is 4. The number of anilines is 1. The van der Waals surface area contributed by atoms with Crippen molar-refractivity contribution in [3.8, 4) is 0 Å². The normalized spacial score (nSPS) is 14.0. The van der Waals surface area contributed by atoms with Crippen molar-refractivity contribution in [3.63, 3.8) is 0 Å². The number of carbonyl (C=O) groups excluding carboxylic acids is 3. The zero-order chi connectivity index (χ0) is 14.7. The molecule has 0 unspecified atom stereocenters. The molecule has 5 nitrogen and oxygen atoms in total. The highest BCUT2D eigenvalue weighted by Crippen LogP contribution is 2.20. The van der Waals surface area contributed by atoms with Crippen molar-refractivity contribution in [2.45, 2.75) is 13.8 Å². The second kappa shape index (κ2) is 5.69. The molecule has 0 aromatic heterocycles. The van der Waals surface area contributed by atoms with Gasteiger partial charge in [0.15, 0.2) is 0 Å². The van der Waals surface area contributed by atoms with E-state index in [1.165, 1.54) is 12.2 Å². The summed E-state index contributed by atoms with van der Waals surface area (Å²) in [7, 11) is 0. The highest BCUT2D eigenvalue weighted by atomic mass is 16.2. The number of imide groups is 1. The van der Waals surface area contributed by atoms with Crippen LogP contribution in [0.1, 0.15) is 24.2 Å². The van der Waals surface area contributed by atoms with Gasteiger partial charge in [0.25, 0.3) is 17.7 Å². The third kappa shape index (κ3) is 2.47. The van der Waals surface area contributed by atoms with Crippen molar-refractivity contribution in [2.75, 3.05) is 18.0 Å². The Hall–Kier alpha value is -2.43. The van der Waals surface area contributed by atoms with Gasteiger partial charge in [-0.25, -0.2) is 4.90 Å². The van der Waals surface area contributed by atoms with Gasteiger partial charge in [-0.3, -0.25) is 14.4 Å². The fourth-order valence-electron chi connectivity index (χ4n) is 2.10. The lowest BCUT2D eigenvalue weighted by molar-refractivity contribution is -0.119. The first kappa shape index (κ1) is 14.0. The van der Waals surface area contributed by atoms with Crippen LogP contribution < -0.4 is 4.90 Å². The summed E-state index contributed by atoms with van der Waals surface area (Å²) in [6.07, 6.45) is 2.47. The SMILES string of the molecule is CCN(CC)C(=O)c1ccc(N2C(=O)C=CC2=O)cc1. The molecule has 1 aliphatic rings. The maximum atomic E-state index is 12.1. The average Bonchev–Trinajstić information content (AvgIpc) is 2.79. The minimum Gasteiger partial charge on any atom is -0.339 e. The molecule has 5 heteroatoms. The predicted octanol–water partition coefficient (Wildman–Crippen LogP) is 1.60. The van der Waals surface area contributed by atoms with Gasteiger partial charge in [-0.05, 0) is 38.1 Å². The molecule has 0 atom stereocenters. The number of hydrogen-bond donors (Lipinski definition) is 0. The molecule has 0 fully saturated rings. The standard InChI is InChI=1S/C15H16N2O3/c1-3-16(4-2)15(20)11-5-7-12(8-6-11)17-13(18)9-10-14(17)19/h5-10H,3-4H2,1-2H3. The third-order valence-corrected chi connectivity index (χ3v) is 3.23. The highest BCUT2D eigenvalue weighted by Gasteiger charge is 2.25. The molecule has 0 N–H and O–H groups in total. The number of benzene rings is 1. The van der Waals surface area contributed by atoms with Crippen LogP contribution in [0, 0.1) is 0 Å². The lowest BCUT2D eigenvalue weighted by atomic mass is 10.1. The van der Waals surface area contributed by atoms with Gasteiger partial charge >= 0.3 is 0 Å². The van der Waals surface area contributed by atoms with Crippen molar-refractivity contribution in [2.24, 2.45) is 0 Å². The Morgan fingerprint density at radius 1 is 1.00 bits per heavy atom. The van der Waals surface area contributed by atoms with Gasteiger partial charge in [0.1, 0.15) is 0 Å². The minimum absolute atomic E-state index is 0.0567. The van der Waals surface area contributed by atoms with Crippen LogP contribution in [0.25, 0.3) is 0 Å². The van der Waals surface area contributed by atoms with E-state index in [0.29, 0.717) is 24.3 Å². The van der Waals surface area contributed by atoms with E-state index in [0.717, 1.165) is 4.90 Å². The Balaban J connectivity index is 2.21. The molecule has 20 heavy (non-hydrogen) atoms. The number of nitrogens with zero attached hydrogens (tertiary/aromatic N) is 2. The molecule has 1 heterocycles. The van der Waals surface area contributed by atoms with Gasteiger partial charge in [-0.1, -0.05) is 0 Å². The lowest BCUT2D eigenvalue weighted by Crippen LogP contribution is -2.31. The van der Waals surface area contributed by atoms with Crippen LogP contribution in [0.5, 0.6) is 0 Å². The predicted molar refractivity (Wildman–Crippen MR) is 75.3 cm³/mol. The van der Waals surface area contributed by atoms with Crippen molar-refractivity contribution in [3.05, 3.63) is 42.0 Å². The second-order valence-corrected chi connectivity index (χ2v) is 4.37. The smallest absolute Gasteiger partial charge is 0.258 e. The van der Waals surface area contributed by atoms with E-state index in [-0.39, 0.29) is 17.7 Å². The van der Waals surface area contributed by atoms with Gasteiger partial charge < -0.3 is 4.90 Å². The Morgan fingerprint density at radius 3 is 1.95 bits per heavy atom. The topological polar surface area (TPSA) is 57.7 Å². The molecule has 0 radical (unpaired) electrons. The zero-order valence-corrected chi connectivity index (χ0v) is 11.5. The fraction of sp³-hybridized carbons (Fsp3) is 0.267. The summed E-state index contributed by atoms with van der Waals surface area (Å²) in [5.41, 5.74) is 1.02. The summed E-state index contributed by atoms with van der Waals surface area (Å²) in [5.74, 6) is -0.783. The fourth-order valence-corrected chi connectivity index (χ4v) is 2.10. The van der Waals surface area contributed by atoms with Gasteiger partial charge in [0.2, 0.25) is 0 Å². The first-order chi connectivity index (χ1) is 9.58. The average molecular weight is 272 g/mol. The van der Waals surface area contributed by atoms with Gasteiger partial charge in [-0.2, -0.15) is 0 Å². The Labute approximate surface area is 117 Å². The summed E-state index contributed by atoms with van der Waals surface area (Å²) in [6.45, 7) is 5.13.